The van der Waals surface area contributed by atoms with Crippen LogP contribution in [0.4, 0.5) is 5.69 Å². The van der Waals surface area contributed by atoms with E-state index in [-0.39, 0.29) is 0 Å². The summed E-state index contributed by atoms with van der Waals surface area (Å²) in [7, 11) is 0. The van der Waals surface area contributed by atoms with E-state index in [0.717, 1.165) is 18.1 Å². The van der Waals surface area contributed by atoms with E-state index in [1.165, 1.54) is 11.3 Å². The maximum Gasteiger partial charge on any atom is 0.0474 e. The van der Waals surface area contributed by atoms with E-state index >= 15 is 0 Å². The lowest BCUT2D eigenvalue weighted by atomic mass is 10.1. The monoisotopic (exact) mass is 296 g/mol. The van der Waals surface area contributed by atoms with Crippen LogP contribution in [0.15, 0.2) is 18.2 Å². The molecule has 20 heavy (non-hydrogen) atoms. The Morgan fingerprint density at radius 2 is 1.80 bits per heavy atom. The molecule has 0 saturated carbocycles. The van der Waals surface area contributed by atoms with Gasteiger partial charge in [0, 0.05) is 29.3 Å². The highest BCUT2D eigenvalue weighted by molar-refractivity contribution is 6.31. The number of anilines is 1. The summed E-state index contributed by atoms with van der Waals surface area (Å²) in [5.74, 6) is 0.636. The van der Waals surface area contributed by atoms with Gasteiger partial charge in [0.2, 0.25) is 0 Å². The van der Waals surface area contributed by atoms with E-state index in [1.807, 2.05) is 0 Å². The van der Waals surface area contributed by atoms with Gasteiger partial charge < -0.3 is 10.2 Å². The van der Waals surface area contributed by atoms with E-state index in [0.29, 0.717) is 18.0 Å². The van der Waals surface area contributed by atoms with Crippen molar-refractivity contribution in [3.63, 3.8) is 0 Å². The fourth-order valence-electron chi connectivity index (χ4n) is 2.47. The second-order valence-corrected chi connectivity index (χ2v) is 6.53. The van der Waals surface area contributed by atoms with Crippen molar-refractivity contribution in [1.82, 2.24) is 5.32 Å². The Bertz CT molecular complexity index is 415. The number of hydrogen-bond acceptors (Lipinski definition) is 2. The van der Waals surface area contributed by atoms with Crippen molar-refractivity contribution in [1.29, 1.82) is 0 Å². The molecule has 0 aliphatic rings. The van der Waals surface area contributed by atoms with E-state index in [9.17, 15) is 0 Å². The van der Waals surface area contributed by atoms with Gasteiger partial charge >= 0.3 is 0 Å². The fourth-order valence-corrected chi connectivity index (χ4v) is 2.81. The van der Waals surface area contributed by atoms with Crippen LogP contribution in [0.1, 0.15) is 53.1 Å². The molecule has 3 heteroatoms. The number of hydrogen-bond donors (Lipinski definition) is 1. The van der Waals surface area contributed by atoms with Crippen LogP contribution in [0.2, 0.25) is 5.02 Å². The molecule has 1 aromatic carbocycles. The third-order valence-electron chi connectivity index (χ3n) is 3.48. The minimum atomic E-state index is 0.291. The zero-order valence-corrected chi connectivity index (χ0v) is 14.5. The number of nitrogens with one attached hydrogen (secondary N) is 1. The lowest BCUT2D eigenvalue weighted by Crippen LogP contribution is -2.34. The quantitative estimate of drug-likeness (QED) is 0.771. The summed E-state index contributed by atoms with van der Waals surface area (Å²) in [6, 6.07) is 7.22. The molecule has 2 nitrogen and oxygen atoms in total. The van der Waals surface area contributed by atoms with Crippen LogP contribution in [-0.4, -0.2) is 19.1 Å². The molecule has 1 aromatic rings. The minimum Gasteiger partial charge on any atom is -0.369 e. The fraction of sp³-hybridized carbons (Fsp3) is 0.647. The van der Waals surface area contributed by atoms with Crippen molar-refractivity contribution in [2.45, 2.75) is 53.6 Å². The van der Waals surface area contributed by atoms with Crippen molar-refractivity contribution in [2.24, 2.45) is 5.92 Å². The van der Waals surface area contributed by atoms with Gasteiger partial charge in [-0.25, -0.2) is 0 Å². The number of halogens is 1. The van der Waals surface area contributed by atoms with Crippen LogP contribution in [0.3, 0.4) is 0 Å². The average Bonchev–Trinajstić information content (AvgIpc) is 2.35. The van der Waals surface area contributed by atoms with Gasteiger partial charge in [-0.15, -0.1) is 0 Å². The van der Waals surface area contributed by atoms with Crippen LogP contribution >= 0.6 is 11.6 Å². The van der Waals surface area contributed by atoms with Crippen LogP contribution in [0.25, 0.3) is 0 Å². The van der Waals surface area contributed by atoms with Gasteiger partial charge in [-0.05, 0) is 50.9 Å². The van der Waals surface area contributed by atoms with Crippen LogP contribution in [0, 0.1) is 5.92 Å². The van der Waals surface area contributed by atoms with E-state index < -0.39 is 0 Å². The molecule has 0 spiro atoms. The van der Waals surface area contributed by atoms with E-state index in [4.69, 9.17) is 11.6 Å². The SMILES string of the molecule is CCNC(C)c1ccc(N(CC(C)C)C(C)C)cc1Cl. The van der Waals surface area contributed by atoms with Crippen molar-refractivity contribution in [3.8, 4) is 0 Å². The molecule has 0 fully saturated rings. The van der Waals surface area contributed by atoms with E-state index in [2.05, 4.69) is 70.0 Å². The molecule has 0 heterocycles. The summed E-state index contributed by atoms with van der Waals surface area (Å²) < 4.78 is 0. The molecule has 0 radical (unpaired) electrons. The smallest absolute Gasteiger partial charge is 0.0474 e. The molecule has 0 amide bonds. The first-order valence-electron chi connectivity index (χ1n) is 7.66. The summed E-state index contributed by atoms with van der Waals surface area (Å²) in [5.41, 5.74) is 2.39. The molecule has 0 aromatic heterocycles. The van der Waals surface area contributed by atoms with Gasteiger partial charge in [-0.1, -0.05) is 38.4 Å². The van der Waals surface area contributed by atoms with Crippen molar-refractivity contribution < 1.29 is 0 Å². The molecule has 0 saturated heterocycles. The summed E-state index contributed by atoms with van der Waals surface area (Å²) in [6.07, 6.45) is 0. The maximum atomic E-state index is 6.48. The molecule has 114 valence electrons. The van der Waals surface area contributed by atoms with Gasteiger partial charge in [0.25, 0.3) is 0 Å². The summed E-state index contributed by atoms with van der Waals surface area (Å²) >= 11 is 6.48. The Hall–Kier alpha value is -0.730. The Morgan fingerprint density at radius 3 is 2.25 bits per heavy atom. The normalized spacial score (nSPS) is 13.1. The number of nitrogens with zero attached hydrogens (tertiary/aromatic N) is 1. The first-order valence-corrected chi connectivity index (χ1v) is 8.04. The highest BCUT2D eigenvalue weighted by Crippen LogP contribution is 2.29. The Labute approximate surface area is 129 Å². The highest BCUT2D eigenvalue weighted by Gasteiger charge is 2.15. The second-order valence-electron chi connectivity index (χ2n) is 6.13. The molecule has 1 rings (SSSR count). The third-order valence-corrected chi connectivity index (χ3v) is 3.81. The minimum absolute atomic E-state index is 0.291. The van der Waals surface area contributed by atoms with Gasteiger partial charge in [-0.2, -0.15) is 0 Å². The lowest BCUT2D eigenvalue weighted by Gasteiger charge is -2.31. The van der Waals surface area contributed by atoms with Gasteiger partial charge in [0.15, 0.2) is 0 Å². The molecule has 1 atom stereocenters. The third kappa shape index (κ3) is 4.68. The molecular weight excluding hydrogens is 268 g/mol. The highest BCUT2D eigenvalue weighted by atomic mass is 35.5. The zero-order valence-electron chi connectivity index (χ0n) is 13.7. The van der Waals surface area contributed by atoms with Crippen LogP contribution in [-0.2, 0) is 0 Å². The standard InChI is InChI=1S/C17H29ClN2/c1-7-19-14(6)16-9-8-15(10-17(16)18)20(13(4)5)11-12(2)3/h8-10,12-14,19H,7,11H2,1-6H3. The number of rotatable bonds is 7. The molecule has 0 aliphatic carbocycles. The summed E-state index contributed by atoms with van der Waals surface area (Å²) in [5, 5.41) is 4.26. The Balaban J connectivity index is 2.99. The molecule has 1 unspecified atom stereocenters. The first kappa shape index (κ1) is 17.3. The van der Waals surface area contributed by atoms with Crippen LogP contribution < -0.4 is 10.2 Å². The maximum absolute atomic E-state index is 6.48. The predicted octanol–water partition coefficient (Wildman–Crippen LogP) is 4.88. The van der Waals surface area contributed by atoms with Crippen LogP contribution in [0.5, 0.6) is 0 Å². The van der Waals surface area contributed by atoms with Crippen molar-refractivity contribution in [2.75, 3.05) is 18.0 Å². The van der Waals surface area contributed by atoms with Gasteiger partial charge in [0.1, 0.15) is 0 Å². The number of benzene rings is 1. The van der Waals surface area contributed by atoms with Crippen molar-refractivity contribution >= 4 is 17.3 Å². The lowest BCUT2D eigenvalue weighted by molar-refractivity contribution is 0.570. The summed E-state index contributed by atoms with van der Waals surface area (Å²) in [6.45, 7) is 15.2. The topological polar surface area (TPSA) is 15.3 Å². The molecule has 0 bridgehead atoms. The van der Waals surface area contributed by atoms with Gasteiger partial charge in [0.05, 0.1) is 0 Å². The Kier molecular flexibility index (Phi) is 6.84. The summed E-state index contributed by atoms with van der Waals surface area (Å²) in [4.78, 5) is 2.41. The largest absolute Gasteiger partial charge is 0.369 e. The Morgan fingerprint density at radius 1 is 1.15 bits per heavy atom. The van der Waals surface area contributed by atoms with Crippen molar-refractivity contribution in [3.05, 3.63) is 28.8 Å². The molecule has 0 aliphatic heterocycles. The average molecular weight is 297 g/mol. The molecule has 1 N–H and O–H groups in total. The second kappa shape index (κ2) is 7.90. The molecular formula is C17H29ClN2. The first-order chi connectivity index (χ1) is 9.36. The van der Waals surface area contributed by atoms with E-state index in [1.54, 1.807) is 0 Å². The zero-order chi connectivity index (χ0) is 15.3. The van der Waals surface area contributed by atoms with Gasteiger partial charge in [-0.3, -0.25) is 0 Å². The predicted molar refractivity (Wildman–Crippen MR) is 90.9 cm³/mol.